The van der Waals surface area contributed by atoms with Crippen molar-refractivity contribution in [2.75, 3.05) is 5.73 Å². The summed E-state index contributed by atoms with van der Waals surface area (Å²) in [7, 11) is 0. The van der Waals surface area contributed by atoms with Gasteiger partial charge in [-0.1, -0.05) is 24.3 Å². The summed E-state index contributed by atoms with van der Waals surface area (Å²) in [4.78, 5) is 4.49. The lowest BCUT2D eigenvalue weighted by Gasteiger charge is -2.26. The van der Waals surface area contributed by atoms with Gasteiger partial charge in [-0.2, -0.15) is 0 Å². The van der Waals surface area contributed by atoms with Crippen molar-refractivity contribution in [1.29, 1.82) is 0 Å². The molecule has 3 aromatic rings. The van der Waals surface area contributed by atoms with Gasteiger partial charge < -0.3 is 10.3 Å². The number of rotatable bonds is 1. The number of benzene rings is 2. The topological polar surface area (TPSA) is 43.8 Å². The van der Waals surface area contributed by atoms with Gasteiger partial charge in [0.2, 0.25) is 0 Å². The Morgan fingerprint density at radius 2 is 1.95 bits per heavy atom. The Morgan fingerprint density at radius 1 is 1.10 bits per heavy atom. The fourth-order valence-corrected chi connectivity index (χ4v) is 3.26. The van der Waals surface area contributed by atoms with E-state index in [9.17, 15) is 0 Å². The SMILES string of the molecule is Nc1ccc2c(c1)ncn2C1CCc2ccccc2C1. The van der Waals surface area contributed by atoms with Crippen molar-refractivity contribution in [3.63, 3.8) is 0 Å². The first-order valence-corrected chi connectivity index (χ1v) is 7.10. The van der Waals surface area contributed by atoms with Crippen LogP contribution in [-0.4, -0.2) is 9.55 Å². The van der Waals surface area contributed by atoms with Gasteiger partial charge in [-0.15, -0.1) is 0 Å². The van der Waals surface area contributed by atoms with E-state index in [1.54, 1.807) is 0 Å². The second-order valence-electron chi connectivity index (χ2n) is 5.57. The summed E-state index contributed by atoms with van der Waals surface area (Å²) in [6.45, 7) is 0. The second-order valence-corrected chi connectivity index (χ2v) is 5.57. The van der Waals surface area contributed by atoms with Crippen LogP contribution in [0.3, 0.4) is 0 Å². The minimum absolute atomic E-state index is 0.499. The molecule has 1 heterocycles. The van der Waals surface area contributed by atoms with Gasteiger partial charge in [-0.05, 0) is 48.6 Å². The maximum absolute atomic E-state index is 5.83. The van der Waals surface area contributed by atoms with Gasteiger partial charge in [-0.3, -0.25) is 0 Å². The number of nitrogen functional groups attached to an aromatic ring is 1. The van der Waals surface area contributed by atoms with Crippen LogP contribution in [0.2, 0.25) is 0 Å². The summed E-state index contributed by atoms with van der Waals surface area (Å²) in [5.74, 6) is 0. The molecule has 100 valence electrons. The van der Waals surface area contributed by atoms with Gasteiger partial charge in [-0.25, -0.2) is 4.98 Å². The van der Waals surface area contributed by atoms with E-state index in [-0.39, 0.29) is 0 Å². The molecule has 0 saturated heterocycles. The fraction of sp³-hybridized carbons (Fsp3) is 0.235. The number of hydrogen-bond acceptors (Lipinski definition) is 2. The third kappa shape index (κ3) is 1.78. The second kappa shape index (κ2) is 4.37. The zero-order valence-electron chi connectivity index (χ0n) is 11.3. The van der Waals surface area contributed by atoms with Crippen LogP contribution in [0.25, 0.3) is 11.0 Å². The molecule has 1 unspecified atom stereocenters. The lowest BCUT2D eigenvalue weighted by molar-refractivity contribution is 0.452. The summed E-state index contributed by atoms with van der Waals surface area (Å²) >= 11 is 0. The van der Waals surface area contributed by atoms with Crippen molar-refractivity contribution in [3.05, 3.63) is 59.9 Å². The summed E-state index contributed by atoms with van der Waals surface area (Å²) < 4.78 is 2.31. The smallest absolute Gasteiger partial charge is 0.0961 e. The molecule has 4 rings (SSSR count). The molecule has 0 saturated carbocycles. The zero-order chi connectivity index (χ0) is 13.5. The third-order valence-corrected chi connectivity index (χ3v) is 4.31. The first-order valence-electron chi connectivity index (χ1n) is 7.10. The molecule has 1 aromatic heterocycles. The van der Waals surface area contributed by atoms with Crippen LogP contribution >= 0.6 is 0 Å². The van der Waals surface area contributed by atoms with Gasteiger partial charge >= 0.3 is 0 Å². The van der Waals surface area contributed by atoms with Crippen LogP contribution in [0.5, 0.6) is 0 Å². The number of imidazole rings is 1. The van der Waals surface area contributed by atoms with Crippen LogP contribution in [0.15, 0.2) is 48.8 Å². The molecule has 1 aliphatic rings. The molecule has 0 bridgehead atoms. The number of hydrogen-bond donors (Lipinski definition) is 1. The molecular formula is C17H17N3. The Morgan fingerprint density at radius 3 is 2.85 bits per heavy atom. The average Bonchev–Trinajstić information content (AvgIpc) is 2.89. The largest absolute Gasteiger partial charge is 0.399 e. The van der Waals surface area contributed by atoms with Crippen LogP contribution in [-0.2, 0) is 12.8 Å². The van der Waals surface area contributed by atoms with Gasteiger partial charge in [0, 0.05) is 11.7 Å². The standard InChI is InChI=1S/C17H17N3/c18-14-6-8-17-16(10-14)19-11-20(17)15-7-5-12-3-1-2-4-13(12)9-15/h1-4,6,8,10-11,15H,5,7,9,18H2. The molecular weight excluding hydrogens is 246 g/mol. The van der Waals surface area contributed by atoms with E-state index >= 15 is 0 Å². The third-order valence-electron chi connectivity index (χ3n) is 4.31. The maximum atomic E-state index is 5.83. The van der Waals surface area contributed by atoms with Crippen molar-refractivity contribution >= 4 is 16.7 Å². The van der Waals surface area contributed by atoms with E-state index in [0.717, 1.165) is 24.0 Å². The fourth-order valence-electron chi connectivity index (χ4n) is 3.26. The van der Waals surface area contributed by atoms with E-state index in [1.165, 1.54) is 23.1 Å². The highest BCUT2D eigenvalue weighted by Gasteiger charge is 2.20. The highest BCUT2D eigenvalue weighted by molar-refractivity contribution is 5.79. The molecule has 0 fully saturated rings. The molecule has 0 amide bonds. The van der Waals surface area contributed by atoms with E-state index < -0.39 is 0 Å². The molecule has 2 N–H and O–H groups in total. The van der Waals surface area contributed by atoms with Crippen molar-refractivity contribution in [2.45, 2.75) is 25.3 Å². The number of aromatic nitrogens is 2. The highest BCUT2D eigenvalue weighted by Crippen LogP contribution is 2.31. The van der Waals surface area contributed by atoms with Crippen LogP contribution < -0.4 is 5.73 Å². The van der Waals surface area contributed by atoms with Gasteiger partial charge in [0.1, 0.15) is 0 Å². The molecule has 0 radical (unpaired) electrons. The number of aryl methyl sites for hydroxylation is 1. The highest BCUT2D eigenvalue weighted by atomic mass is 15.1. The molecule has 0 spiro atoms. The van der Waals surface area contributed by atoms with Crippen molar-refractivity contribution in [3.8, 4) is 0 Å². The molecule has 3 nitrogen and oxygen atoms in total. The van der Waals surface area contributed by atoms with Gasteiger partial charge in [0.05, 0.1) is 17.4 Å². The van der Waals surface area contributed by atoms with Crippen molar-refractivity contribution in [1.82, 2.24) is 9.55 Å². The Kier molecular flexibility index (Phi) is 2.52. The van der Waals surface area contributed by atoms with E-state index in [1.807, 2.05) is 18.5 Å². The quantitative estimate of drug-likeness (QED) is 0.684. The monoisotopic (exact) mass is 263 g/mol. The molecule has 1 atom stereocenters. The van der Waals surface area contributed by atoms with E-state index in [2.05, 4.69) is 39.9 Å². The number of fused-ring (bicyclic) bond motifs is 2. The Hall–Kier alpha value is -2.29. The number of nitrogens with two attached hydrogens (primary N) is 1. The van der Waals surface area contributed by atoms with E-state index in [0.29, 0.717) is 6.04 Å². The molecule has 20 heavy (non-hydrogen) atoms. The average molecular weight is 263 g/mol. The molecule has 3 heteroatoms. The van der Waals surface area contributed by atoms with Crippen LogP contribution in [0, 0.1) is 0 Å². The maximum Gasteiger partial charge on any atom is 0.0961 e. The first kappa shape index (κ1) is 11.5. The zero-order valence-corrected chi connectivity index (χ0v) is 11.3. The van der Waals surface area contributed by atoms with Gasteiger partial charge in [0.25, 0.3) is 0 Å². The van der Waals surface area contributed by atoms with Crippen molar-refractivity contribution in [2.24, 2.45) is 0 Å². The minimum Gasteiger partial charge on any atom is -0.399 e. The molecule has 2 aromatic carbocycles. The van der Waals surface area contributed by atoms with Crippen LogP contribution in [0.1, 0.15) is 23.6 Å². The lowest BCUT2D eigenvalue weighted by Crippen LogP contribution is -2.17. The minimum atomic E-state index is 0.499. The first-order chi connectivity index (χ1) is 9.81. The van der Waals surface area contributed by atoms with Crippen molar-refractivity contribution < 1.29 is 0 Å². The Balaban J connectivity index is 1.74. The van der Waals surface area contributed by atoms with Crippen LogP contribution in [0.4, 0.5) is 5.69 Å². The normalized spacial score (nSPS) is 18.1. The summed E-state index contributed by atoms with van der Waals surface area (Å²) in [5, 5.41) is 0. The summed E-state index contributed by atoms with van der Waals surface area (Å²) in [5.41, 5.74) is 11.7. The summed E-state index contributed by atoms with van der Waals surface area (Å²) in [6.07, 6.45) is 5.37. The summed E-state index contributed by atoms with van der Waals surface area (Å²) in [6, 6.07) is 15.2. The lowest BCUT2D eigenvalue weighted by atomic mass is 9.88. The Labute approximate surface area is 118 Å². The number of nitrogens with zero attached hydrogens (tertiary/aromatic N) is 2. The van der Waals surface area contributed by atoms with Gasteiger partial charge in [0.15, 0.2) is 0 Å². The molecule has 0 aliphatic heterocycles. The molecule has 1 aliphatic carbocycles. The number of anilines is 1. The predicted molar refractivity (Wildman–Crippen MR) is 81.6 cm³/mol. The van der Waals surface area contributed by atoms with E-state index in [4.69, 9.17) is 5.73 Å². The predicted octanol–water partition coefficient (Wildman–Crippen LogP) is 3.35. The Bertz CT molecular complexity index is 773.